The van der Waals surface area contributed by atoms with Crippen LogP contribution in [0.25, 0.3) is 16.7 Å². The lowest BCUT2D eigenvalue weighted by atomic mass is 10.1. The quantitative estimate of drug-likeness (QED) is 0.272. The van der Waals surface area contributed by atoms with Gasteiger partial charge in [0.2, 0.25) is 0 Å². The number of hydrogen-bond donors (Lipinski definition) is 1. The Kier molecular flexibility index (Phi) is 5.81. The number of fused-ring (bicyclic) bond motifs is 1. The summed E-state index contributed by atoms with van der Waals surface area (Å²) >= 11 is 0. The normalized spacial score (nSPS) is 10.7. The van der Waals surface area contributed by atoms with Crippen LogP contribution in [0.4, 0.5) is 11.4 Å². The molecule has 0 atom stereocenters. The van der Waals surface area contributed by atoms with E-state index in [4.69, 9.17) is 4.74 Å². The average molecular weight is 445 g/mol. The molecule has 0 aliphatic heterocycles. The summed E-state index contributed by atoms with van der Waals surface area (Å²) in [5.74, 6) is -1.38. The zero-order valence-corrected chi connectivity index (χ0v) is 17.8. The van der Waals surface area contributed by atoms with E-state index in [1.165, 1.54) is 16.8 Å². The maximum Gasteiger partial charge on any atom is 0.338 e. The zero-order valence-electron chi connectivity index (χ0n) is 17.8. The van der Waals surface area contributed by atoms with Gasteiger partial charge < -0.3 is 10.1 Å². The molecule has 1 aromatic heterocycles. The molecule has 0 unspecified atom stereocenters. The standard InChI is InChI=1S/C23H19N5O5/c1-14-7-9-17(11-15(14)2)24-22(29)13-33-23(30)16-8-10-20(21(12-16)28(31)32)27-19-6-4-3-5-18(19)25-26-27/h3-12H,13H2,1-2H3,(H,24,29). The predicted molar refractivity (Wildman–Crippen MR) is 120 cm³/mol. The van der Waals surface area contributed by atoms with Gasteiger partial charge in [-0.05, 0) is 61.4 Å². The van der Waals surface area contributed by atoms with Crippen molar-refractivity contribution in [2.24, 2.45) is 0 Å². The maximum absolute atomic E-state index is 12.4. The molecule has 10 heteroatoms. The summed E-state index contributed by atoms with van der Waals surface area (Å²) in [4.78, 5) is 35.6. The Hall–Kier alpha value is -4.60. The van der Waals surface area contributed by atoms with E-state index in [-0.39, 0.29) is 16.9 Å². The van der Waals surface area contributed by atoms with Gasteiger partial charge in [0.15, 0.2) is 6.61 Å². The monoisotopic (exact) mass is 445 g/mol. The van der Waals surface area contributed by atoms with E-state index in [2.05, 4.69) is 15.6 Å². The van der Waals surface area contributed by atoms with Gasteiger partial charge in [-0.25, -0.2) is 9.48 Å². The second-order valence-corrected chi connectivity index (χ2v) is 7.37. The molecule has 0 aliphatic carbocycles. The highest BCUT2D eigenvalue weighted by atomic mass is 16.6. The average Bonchev–Trinajstić information content (AvgIpc) is 3.23. The first-order valence-electron chi connectivity index (χ1n) is 9.97. The molecular formula is C23H19N5O5. The number of amides is 1. The van der Waals surface area contributed by atoms with Crippen LogP contribution in [-0.2, 0) is 9.53 Å². The predicted octanol–water partition coefficient (Wildman–Crippen LogP) is 3.74. The number of hydrogen-bond acceptors (Lipinski definition) is 7. The fourth-order valence-corrected chi connectivity index (χ4v) is 3.25. The number of esters is 1. The molecule has 0 saturated heterocycles. The van der Waals surface area contributed by atoms with Crippen molar-refractivity contribution >= 4 is 34.3 Å². The molecule has 1 heterocycles. The van der Waals surface area contributed by atoms with Gasteiger partial charge in [0.1, 0.15) is 11.2 Å². The summed E-state index contributed by atoms with van der Waals surface area (Å²) in [5, 5.41) is 22.3. The molecule has 4 aromatic rings. The van der Waals surface area contributed by atoms with Crippen LogP contribution in [0.1, 0.15) is 21.5 Å². The lowest BCUT2D eigenvalue weighted by Gasteiger charge is -2.09. The number of ether oxygens (including phenoxy) is 1. The fourth-order valence-electron chi connectivity index (χ4n) is 3.25. The molecule has 33 heavy (non-hydrogen) atoms. The molecule has 3 aromatic carbocycles. The Morgan fingerprint density at radius 2 is 1.85 bits per heavy atom. The van der Waals surface area contributed by atoms with Gasteiger partial charge in [0, 0.05) is 11.8 Å². The van der Waals surface area contributed by atoms with Crippen molar-refractivity contribution in [3.63, 3.8) is 0 Å². The van der Waals surface area contributed by atoms with Crippen molar-refractivity contribution in [3.05, 3.63) is 87.5 Å². The van der Waals surface area contributed by atoms with E-state index in [9.17, 15) is 19.7 Å². The number of nitro groups is 1. The number of aromatic nitrogens is 3. The molecule has 0 bridgehead atoms. The molecular weight excluding hydrogens is 426 g/mol. The number of nitrogens with one attached hydrogen (secondary N) is 1. The Labute approximate surface area is 187 Å². The lowest BCUT2D eigenvalue weighted by molar-refractivity contribution is -0.384. The first-order chi connectivity index (χ1) is 15.8. The third-order valence-corrected chi connectivity index (χ3v) is 5.11. The van der Waals surface area contributed by atoms with Crippen molar-refractivity contribution in [2.45, 2.75) is 13.8 Å². The van der Waals surface area contributed by atoms with Gasteiger partial charge in [0.05, 0.1) is 16.0 Å². The summed E-state index contributed by atoms with van der Waals surface area (Å²) in [7, 11) is 0. The van der Waals surface area contributed by atoms with Gasteiger partial charge in [0.25, 0.3) is 11.6 Å². The maximum atomic E-state index is 12.4. The summed E-state index contributed by atoms with van der Waals surface area (Å²) < 4.78 is 6.38. The highest BCUT2D eigenvalue weighted by Crippen LogP contribution is 2.27. The number of carbonyl (C=O) groups excluding carboxylic acids is 2. The van der Waals surface area contributed by atoms with Gasteiger partial charge in [-0.1, -0.05) is 23.4 Å². The first kappa shape index (κ1) is 21.6. The topological polar surface area (TPSA) is 129 Å². The third-order valence-electron chi connectivity index (χ3n) is 5.11. The van der Waals surface area contributed by atoms with Crippen LogP contribution in [0.15, 0.2) is 60.7 Å². The Morgan fingerprint density at radius 1 is 1.06 bits per heavy atom. The zero-order chi connectivity index (χ0) is 23.5. The molecule has 0 aliphatic rings. The van der Waals surface area contributed by atoms with Gasteiger partial charge in [-0.15, -0.1) is 5.10 Å². The number of rotatable bonds is 6. The number of para-hydroxylation sites is 1. The van der Waals surface area contributed by atoms with Crippen LogP contribution in [0.2, 0.25) is 0 Å². The van der Waals surface area contributed by atoms with Crippen molar-refractivity contribution < 1.29 is 19.2 Å². The number of anilines is 1. The first-order valence-corrected chi connectivity index (χ1v) is 9.97. The molecule has 1 N–H and O–H groups in total. The van der Waals surface area contributed by atoms with Crippen molar-refractivity contribution in [3.8, 4) is 5.69 Å². The van der Waals surface area contributed by atoms with Crippen LogP contribution in [0.5, 0.6) is 0 Å². The van der Waals surface area contributed by atoms with Crippen LogP contribution in [-0.4, -0.2) is 38.4 Å². The lowest BCUT2D eigenvalue weighted by Crippen LogP contribution is -2.21. The number of benzene rings is 3. The highest BCUT2D eigenvalue weighted by molar-refractivity contribution is 5.96. The van der Waals surface area contributed by atoms with E-state index in [1.54, 1.807) is 30.3 Å². The minimum absolute atomic E-state index is 0.0612. The van der Waals surface area contributed by atoms with E-state index >= 15 is 0 Å². The van der Waals surface area contributed by atoms with E-state index < -0.39 is 23.4 Å². The largest absolute Gasteiger partial charge is 0.452 e. The number of carbonyl (C=O) groups is 2. The van der Waals surface area contributed by atoms with E-state index in [0.717, 1.165) is 17.2 Å². The smallest absolute Gasteiger partial charge is 0.338 e. The molecule has 0 saturated carbocycles. The van der Waals surface area contributed by atoms with Crippen LogP contribution in [0, 0.1) is 24.0 Å². The molecule has 1 amide bonds. The van der Waals surface area contributed by atoms with Crippen LogP contribution < -0.4 is 5.32 Å². The van der Waals surface area contributed by atoms with Crippen molar-refractivity contribution in [1.29, 1.82) is 0 Å². The number of aryl methyl sites for hydroxylation is 2. The molecule has 166 valence electrons. The number of nitrogens with zero attached hydrogens (tertiary/aromatic N) is 4. The summed E-state index contributed by atoms with van der Waals surface area (Å²) in [5.41, 5.74) is 3.58. The Balaban J connectivity index is 1.50. The van der Waals surface area contributed by atoms with E-state index in [1.807, 2.05) is 26.0 Å². The molecule has 0 spiro atoms. The van der Waals surface area contributed by atoms with Gasteiger partial charge in [-0.2, -0.15) is 0 Å². The van der Waals surface area contributed by atoms with Crippen molar-refractivity contribution in [2.75, 3.05) is 11.9 Å². The Bertz CT molecular complexity index is 1400. The van der Waals surface area contributed by atoms with E-state index in [0.29, 0.717) is 16.7 Å². The summed E-state index contributed by atoms with van der Waals surface area (Å²) in [6.45, 7) is 3.34. The molecule has 0 radical (unpaired) electrons. The second-order valence-electron chi connectivity index (χ2n) is 7.37. The third kappa shape index (κ3) is 4.54. The Morgan fingerprint density at radius 3 is 2.61 bits per heavy atom. The van der Waals surface area contributed by atoms with Crippen LogP contribution >= 0.6 is 0 Å². The van der Waals surface area contributed by atoms with Crippen LogP contribution in [0.3, 0.4) is 0 Å². The van der Waals surface area contributed by atoms with Gasteiger partial charge in [-0.3, -0.25) is 14.9 Å². The van der Waals surface area contributed by atoms with Crippen molar-refractivity contribution in [1.82, 2.24) is 15.0 Å². The molecule has 10 nitrogen and oxygen atoms in total. The minimum atomic E-state index is -0.858. The van der Waals surface area contributed by atoms with Gasteiger partial charge >= 0.3 is 5.97 Å². The highest BCUT2D eigenvalue weighted by Gasteiger charge is 2.22. The number of nitro benzene ring substituents is 1. The SMILES string of the molecule is Cc1ccc(NC(=O)COC(=O)c2ccc(-n3nnc4ccccc43)c([N+](=O)[O-])c2)cc1C. The molecule has 4 rings (SSSR count). The molecule has 0 fully saturated rings. The second kappa shape index (κ2) is 8.87. The summed E-state index contributed by atoms with van der Waals surface area (Å²) in [6.07, 6.45) is 0. The fraction of sp³-hybridized carbons (Fsp3) is 0.130. The summed E-state index contributed by atoms with van der Waals surface area (Å²) in [6, 6.07) is 16.3. The minimum Gasteiger partial charge on any atom is -0.452 e.